The highest BCUT2D eigenvalue weighted by Gasteiger charge is 2.50. The number of esters is 2. The van der Waals surface area contributed by atoms with E-state index in [2.05, 4.69) is 15.8 Å². The highest BCUT2D eigenvalue weighted by Crippen LogP contribution is 2.32. The van der Waals surface area contributed by atoms with Crippen LogP contribution in [0.4, 0.5) is 0 Å². The topological polar surface area (TPSA) is 132 Å². The van der Waals surface area contributed by atoms with Crippen LogP contribution in [0.2, 0.25) is 0 Å². The summed E-state index contributed by atoms with van der Waals surface area (Å²) < 4.78 is 10.2. The molecule has 0 bridgehead atoms. The number of amides is 2. The number of carbonyl (C=O) groups excluding carboxylic acids is 4. The molecule has 0 saturated carbocycles. The summed E-state index contributed by atoms with van der Waals surface area (Å²) in [7, 11) is 1.18. The van der Waals surface area contributed by atoms with Crippen LogP contribution in [0.25, 0.3) is 0 Å². The first-order valence-corrected chi connectivity index (χ1v) is 14.5. The number of carbonyl (C=O) groups is 4. The number of nitrogens with zero attached hydrogens (tertiary/aromatic N) is 1. The zero-order valence-corrected chi connectivity index (χ0v) is 26.0. The van der Waals surface area contributed by atoms with Gasteiger partial charge in [-0.2, -0.15) is 0 Å². The van der Waals surface area contributed by atoms with Gasteiger partial charge in [0, 0.05) is 12.8 Å². The number of methoxy groups -OCH3 is 1. The Kier molecular flexibility index (Phi) is 11.1. The smallest absolute Gasteiger partial charge is 0.328 e. The summed E-state index contributed by atoms with van der Waals surface area (Å²) >= 11 is 0. The van der Waals surface area contributed by atoms with Gasteiger partial charge in [0.2, 0.25) is 11.5 Å². The molecule has 10 heteroatoms. The number of hydrogen-bond acceptors (Lipinski definition) is 8. The van der Waals surface area contributed by atoms with Crippen molar-refractivity contribution in [1.82, 2.24) is 10.6 Å². The Morgan fingerprint density at radius 2 is 1.56 bits per heavy atom. The van der Waals surface area contributed by atoms with Crippen LogP contribution < -0.4 is 10.6 Å². The second kappa shape index (κ2) is 14.3. The first-order chi connectivity index (χ1) is 20.2. The van der Waals surface area contributed by atoms with E-state index in [0.29, 0.717) is 5.71 Å². The maximum Gasteiger partial charge on any atom is 0.328 e. The van der Waals surface area contributed by atoms with Gasteiger partial charge >= 0.3 is 11.9 Å². The summed E-state index contributed by atoms with van der Waals surface area (Å²) in [6, 6.07) is 16.9. The summed E-state index contributed by atoms with van der Waals surface area (Å²) in [6.07, 6.45) is -0.240. The average molecular weight is 594 g/mol. The van der Waals surface area contributed by atoms with Crippen molar-refractivity contribution >= 4 is 29.5 Å². The van der Waals surface area contributed by atoms with Crippen molar-refractivity contribution < 1.29 is 33.5 Å². The third-order valence-electron chi connectivity index (χ3n) is 7.15. The first kappa shape index (κ1) is 33.3. The lowest BCUT2D eigenvalue weighted by molar-refractivity contribution is -0.160. The van der Waals surface area contributed by atoms with Crippen LogP contribution in [-0.4, -0.2) is 59.9 Å². The standard InChI is InChI=1S/C33H43N3O7/c1-21(2)28(35-29(38)22(3)24-16-12-9-13-17-24)26-20-33(43-36-26,19-23-14-10-8-11-15-23)31(40)34-25(30(39)41-7)18-27(37)42-32(4,5)6/h8-17,21-22,25,28H,18-20H2,1-7H3,(H,34,40)(H,35,38)/t22?,25-,28-,33?/m0/s1. The lowest BCUT2D eigenvalue weighted by Gasteiger charge is -2.29. The van der Waals surface area contributed by atoms with E-state index in [1.165, 1.54) is 7.11 Å². The highest BCUT2D eigenvalue weighted by molar-refractivity contribution is 6.01. The van der Waals surface area contributed by atoms with Gasteiger partial charge in [0.15, 0.2) is 0 Å². The number of oxime groups is 1. The zero-order chi connectivity index (χ0) is 31.8. The van der Waals surface area contributed by atoms with Gasteiger partial charge in [0.1, 0.15) is 11.6 Å². The summed E-state index contributed by atoms with van der Waals surface area (Å²) in [5.74, 6) is -2.76. The van der Waals surface area contributed by atoms with Crippen molar-refractivity contribution in [1.29, 1.82) is 0 Å². The molecule has 0 radical (unpaired) electrons. The van der Waals surface area contributed by atoms with Gasteiger partial charge in [-0.15, -0.1) is 0 Å². The van der Waals surface area contributed by atoms with Crippen molar-refractivity contribution in [3.05, 3.63) is 71.8 Å². The van der Waals surface area contributed by atoms with Crippen LogP contribution in [-0.2, 0) is 39.9 Å². The Hall–Kier alpha value is -4.21. The molecule has 232 valence electrons. The molecule has 0 saturated heterocycles. The molecule has 0 aromatic heterocycles. The van der Waals surface area contributed by atoms with E-state index in [4.69, 9.17) is 14.3 Å². The molecule has 0 fully saturated rings. The molecule has 2 N–H and O–H groups in total. The predicted octanol–water partition coefficient (Wildman–Crippen LogP) is 4.08. The van der Waals surface area contributed by atoms with Gasteiger partial charge in [0.25, 0.3) is 5.91 Å². The van der Waals surface area contributed by atoms with Crippen molar-refractivity contribution in [3.63, 3.8) is 0 Å². The van der Waals surface area contributed by atoms with E-state index in [1.54, 1.807) is 20.8 Å². The normalized spacial score (nSPS) is 18.5. The maximum absolute atomic E-state index is 14.0. The Labute approximate surface area is 253 Å². The van der Waals surface area contributed by atoms with E-state index >= 15 is 0 Å². The quantitative estimate of drug-likeness (QED) is 0.355. The van der Waals surface area contributed by atoms with Gasteiger partial charge in [-0.05, 0) is 44.7 Å². The van der Waals surface area contributed by atoms with Crippen molar-refractivity contribution in [2.24, 2.45) is 11.1 Å². The molecule has 0 aliphatic carbocycles. The molecule has 2 aromatic carbocycles. The van der Waals surface area contributed by atoms with Crippen molar-refractivity contribution in [3.8, 4) is 0 Å². The van der Waals surface area contributed by atoms with E-state index in [9.17, 15) is 19.2 Å². The third-order valence-corrected chi connectivity index (χ3v) is 7.15. The van der Waals surface area contributed by atoms with E-state index in [1.807, 2.05) is 81.4 Å². The molecule has 43 heavy (non-hydrogen) atoms. The number of nitrogens with one attached hydrogen (secondary N) is 2. The molecule has 1 aliphatic heterocycles. The van der Waals surface area contributed by atoms with E-state index in [-0.39, 0.29) is 24.7 Å². The molecule has 3 rings (SSSR count). The number of ether oxygens (including phenoxy) is 2. The number of hydrogen-bond donors (Lipinski definition) is 2. The van der Waals surface area contributed by atoms with Gasteiger partial charge in [-0.3, -0.25) is 14.4 Å². The van der Waals surface area contributed by atoms with E-state index < -0.39 is 53.5 Å². The van der Waals surface area contributed by atoms with Crippen LogP contribution >= 0.6 is 0 Å². The summed E-state index contributed by atoms with van der Waals surface area (Å²) in [5, 5.41) is 10.1. The van der Waals surface area contributed by atoms with Crippen molar-refractivity contribution in [2.45, 2.75) is 90.0 Å². The first-order valence-electron chi connectivity index (χ1n) is 14.5. The van der Waals surface area contributed by atoms with Crippen LogP contribution in [0.5, 0.6) is 0 Å². The minimum absolute atomic E-state index is 0.0525. The summed E-state index contributed by atoms with van der Waals surface area (Å²) in [6.45, 7) is 10.9. The Morgan fingerprint density at radius 1 is 0.953 bits per heavy atom. The van der Waals surface area contributed by atoms with Crippen LogP contribution in [0, 0.1) is 5.92 Å². The molecule has 2 aromatic rings. The minimum atomic E-state index is -1.54. The van der Waals surface area contributed by atoms with Crippen molar-refractivity contribution in [2.75, 3.05) is 7.11 Å². The fraction of sp³-hybridized carbons (Fsp3) is 0.485. The summed E-state index contributed by atoms with van der Waals surface area (Å²) in [4.78, 5) is 58.4. The molecule has 2 unspecified atom stereocenters. The SMILES string of the molecule is COC(=O)[C@H](CC(=O)OC(C)(C)C)NC(=O)C1(Cc2ccccc2)CC([C@@H](NC(=O)C(C)c2ccccc2)C(C)C)=NO1. The second-order valence-electron chi connectivity index (χ2n) is 12.2. The lowest BCUT2D eigenvalue weighted by Crippen LogP contribution is -2.55. The predicted molar refractivity (Wildman–Crippen MR) is 162 cm³/mol. The molecular formula is C33H43N3O7. The number of benzene rings is 2. The Morgan fingerprint density at radius 3 is 2.12 bits per heavy atom. The molecule has 4 atom stereocenters. The molecule has 10 nitrogen and oxygen atoms in total. The average Bonchev–Trinajstić information content (AvgIpc) is 3.39. The fourth-order valence-electron chi connectivity index (χ4n) is 4.87. The lowest BCUT2D eigenvalue weighted by atomic mass is 9.84. The number of rotatable bonds is 12. The van der Waals surface area contributed by atoms with Crippen LogP contribution in [0.1, 0.15) is 71.4 Å². The largest absolute Gasteiger partial charge is 0.467 e. The Bertz CT molecular complexity index is 1300. The van der Waals surface area contributed by atoms with Gasteiger partial charge in [-0.25, -0.2) is 4.79 Å². The third kappa shape index (κ3) is 9.14. The molecular weight excluding hydrogens is 550 g/mol. The van der Waals surface area contributed by atoms with Crippen LogP contribution in [0.3, 0.4) is 0 Å². The minimum Gasteiger partial charge on any atom is -0.467 e. The monoisotopic (exact) mass is 593 g/mol. The van der Waals surface area contributed by atoms with Gasteiger partial charge < -0.3 is 24.9 Å². The zero-order valence-electron chi connectivity index (χ0n) is 26.0. The molecule has 1 aliphatic rings. The molecule has 1 heterocycles. The summed E-state index contributed by atoms with van der Waals surface area (Å²) in [5.41, 5.74) is -0.138. The fourth-order valence-corrected chi connectivity index (χ4v) is 4.87. The highest BCUT2D eigenvalue weighted by atomic mass is 16.7. The second-order valence-corrected chi connectivity index (χ2v) is 12.2. The molecule has 2 amide bonds. The molecule has 0 spiro atoms. The van der Waals surface area contributed by atoms with Crippen LogP contribution in [0.15, 0.2) is 65.8 Å². The van der Waals surface area contributed by atoms with Gasteiger partial charge in [-0.1, -0.05) is 79.7 Å². The van der Waals surface area contributed by atoms with E-state index in [0.717, 1.165) is 11.1 Å². The maximum atomic E-state index is 14.0. The van der Waals surface area contributed by atoms with Gasteiger partial charge in [0.05, 0.1) is 31.2 Å². The Balaban J connectivity index is 1.86.